The number of hydrogen-bond donors (Lipinski definition) is 2. The van der Waals surface area contributed by atoms with Gasteiger partial charge in [-0.25, -0.2) is 4.79 Å². The Morgan fingerprint density at radius 3 is 2.71 bits per heavy atom. The van der Waals surface area contributed by atoms with Crippen LogP contribution in [0.15, 0.2) is 24.3 Å². The predicted molar refractivity (Wildman–Crippen MR) is 68.3 cm³/mol. The number of amides is 3. The first-order valence-corrected chi connectivity index (χ1v) is 5.86. The molecule has 1 atom stereocenters. The van der Waals surface area contributed by atoms with E-state index in [4.69, 9.17) is 5.11 Å². The summed E-state index contributed by atoms with van der Waals surface area (Å²) in [6.45, 7) is 0.601. The van der Waals surface area contributed by atoms with Gasteiger partial charge in [-0.15, -0.1) is 0 Å². The number of benzene rings is 1. The first-order valence-electron chi connectivity index (χ1n) is 5.86. The van der Waals surface area contributed by atoms with E-state index in [9.17, 15) is 24.5 Å². The zero-order valence-corrected chi connectivity index (χ0v) is 10.9. The Morgan fingerprint density at radius 1 is 1.48 bits per heavy atom. The van der Waals surface area contributed by atoms with Crippen molar-refractivity contribution in [3.63, 3.8) is 0 Å². The first-order chi connectivity index (χ1) is 9.75. The van der Waals surface area contributed by atoms with Gasteiger partial charge < -0.3 is 10.4 Å². The number of nitro groups is 1. The lowest BCUT2D eigenvalue weighted by Gasteiger charge is -2.21. The highest BCUT2D eigenvalue weighted by atomic mass is 16.6. The maximum atomic E-state index is 12.3. The average molecular weight is 293 g/mol. The molecule has 1 saturated heterocycles. The van der Waals surface area contributed by atoms with Gasteiger partial charge in [0.15, 0.2) is 0 Å². The third-order valence-electron chi connectivity index (χ3n) is 3.20. The van der Waals surface area contributed by atoms with Crippen molar-refractivity contribution in [3.8, 4) is 0 Å². The minimum absolute atomic E-state index is 0.211. The molecule has 3 amide bonds. The molecule has 1 aromatic rings. The van der Waals surface area contributed by atoms with Crippen LogP contribution < -0.4 is 5.32 Å². The van der Waals surface area contributed by atoms with Crippen molar-refractivity contribution in [2.45, 2.75) is 12.5 Å². The third-order valence-corrected chi connectivity index (χ3v) is 3.20. The Morgan fingerprint density at radius 2 is 2.14 bits per heavy atom. The largest absolute Gasteiger partial charge is 0.480 e. The Labute approximate surface area is 118 Å². The molecule has 2 N–H and O–H groups in total. The van der Waals surface area contributed by atoms with Crippen LogP contribution in [0, 0.1) is 10.1 Å². The van der Waals surface area contributed by atoms with E-state index in [1.807, 2.05) is 0 Å². The Bertz CT molecular complexity index is 658. The Kier molecular flexibility index (Phi) is 3.34. The highest BCUT2D eigenvalue weighted by Crippen LogP contribution is 2.30. The molecule has 0 aliphatic carbocycles. The number of carbonyl (C=O) groups excluding carboxylic acids is 2. The molecule has 0 spiro atoms. The molecular weight excluding hydrogens is 282 g/mol. The summed E-state index contributed by atoms with van der Waals surface area (Å²) >= 11 is 0. The molecule has 0 aromatic heterocycles. The predicted octanol–water partition coefficient (Wildman–Crippen LogP) is 0.446. The van der Waals surface area contributed by atoms with Gasteiger partial charge in [0.1, 0.15) is 12.1 Å². The van der Waals surface area contributed by atoms with Crippen LogP contribution in [-0.2, 0) is 15.1 Å². The number of nitrogens with zero attached hydrogens (tertiary/aromatic N) is 2. The summed E-state index contributed by atoms with van der Waals surface area (Å²) < 4.78 is 0. The number of carboxylic acids is 1. The van der Waals surface area contributed by atoms with Gasteiger partial charge in [-0.2, -0.15) is 0 Å². The average Bonchev–Trinajstić information content (AvgIpc) is 2.63. The van der Waals surface area contributed by atoms with Gasteiger partial charge in [0, 0.05) is 12.1 Å². The van der Waals surface area contributed by atoms with Gasteiger partial charge in [0.05, 0.1) is 4.92 Å². The van der Waals surface area contributed by atoms with Gasteiger partial charge in [-0.1, -0.05) is 12.1 Å². The van der Waals surface area contributed by atoms with Crippen LogP contribution in [0.4, 0.5) is 10.5 Å². The van der Waals surface area contributed by atoms with E-state index in [0.29, 0.717) is 4.90 Å². The fraction of sp³-hybridized carbons (Fsp3) is 0.250. The second kappa shape index (κ2) is 4.85. The number of urea groups is 1. The number of aliphatic carboxylic acids is 1. The summed E-state index contributed by atoms with van der Waals surface area (Å²) in [6, 6.07) is 4.41. The van der Waals surface area contributed by atoms with Crippen LogP contribution in [0.3, 0.4) is 0 Å². The van der Waals surface area contributed by atoms with Crippen LogP contribution in [0.1, 0.15) is 12.5 Å². The van der Waals surface area contributed by atoms with E-state index < -0.39 is 34.9 Å². The standard InChI is InChI=1S/C12H11N3O6/c1-12(7-3-2-4-8(5-7)15(20)21)10(18)14(6-9(16)17)11(19)13-12/h2-5H,6H2,1H3,(H,13,19)(H,16,17)/t12-/m0/s1. The van der Waals surface area contributed by atoms with Gasteiger partial charge >= 0.3 is 12.0 Å². The molecule has 0 unspecified atom stereocenters. The number of rotatable bonds is 4. The summed E-state index contributed by atoms with van der Waals surface area (Å²) in [4.78, 5) is 45.4. The summed E-state index contributed by atoms with van der Waals surface area (Å²) in [5, 5.41) is 21.8. The number of non-ortho nitro benzene ring substituents is 1. The number of nitro benzene ring substituents is 1. The van der Waals surface area contributed by atoms with Crippen LogP contribution >= 0.6 is 0 Å². The van der Waals surface area contributed by atoms with Gasteiger partial charge in [-0.05, 0) is 12.5 Å². The Hall–Kier alpha value is -2.97. The molecule has 0 radical (unpaired) electrons. The maximum Gasteiger partial charge on any atom is 0.325 e. The number of imide groups is 1. The van der Waals surface area contributed by atoms with E-state index >= 15 is 0 Å². The fourth-order valence-corrected chi connectivity index (χ4v) is 2.10. The van der Waals surface area contributed by atoms with Crippen molar-refractivity contribution >= 4 is 23.6 Å². The molecule has 9 heteroatoms. The zero-order valence-electron chi connectivity index (χ0n) is 10.9. The van der Waals surface area contributed by atoms with E-state index in [1.54, 1.807) is 0 Å². The fourth-order valence-electron chi connectivity index (χ4n) is 2.10. The molecule has 21 heavy (non-hydrogen) atoms. The summed E-state index contributed by atoms with van der Waals surface area (Å²) in [6.07, 6.45) is 0. The van der Waals surface area contributed by atoms with Crippen molar-refractivity contribution < 1.29 is 24.4 Å². The molecule has 9 nitrogen and oxygen atoms in total. The van der Waals surface area contributed by atoms with Gasteiger partial charge in [0.25, 0.3) is 11.6 Å². The van der Waals surface area contributed by atoms with Crippen molar-refractivity contribution in [1.29, 1.82) is 0 Å². The minimum atomic E-state index is -1.53. The molecule has 0 saturated carbocycles. The number of nitrogens with one attached hydrogen (secondary N) is 1. The highest BCUT2D eigenvalue weighted by molar-refractivity contribution is 6.08. The normalized spacial score (nSPS) is 21.3. The van der Waals surface area contributed by atoms with Crippen LogP contribution in [0.25, 0.3) is 0 Å². The second-order valence-electron chi connectivity index (χ2n) is 4.65. The minimum Gasteiger partial charge on any atom is -0.480 e. The van der Waals surface area contributed by atoms with E-state index in [2.05, 4.69) is 5.32 Å². The lowest BCUT2D eigenvalue weighted by molar-refractivity contribution is -0.385. The van der Waals surface area contributed by atoms with Crippen LogP contribution in [0.2, 0.25) is 0 Å². The van der Waals surface area contributed by atoms with E-state index in [0.717, 1.165) is 0 Å². The molecule has 0 bridgehead atoms. The molecule has 1 aliphatic heterocycles. The molecule has 1 aromatic carbocycles. The zero-order chi connectivity index (χ0) is 15.8. The van der Waals surface area contributed by atoms with Crippen molar-refractivity contribution in [3.05, 3.63) is 39.9 Å². The third kappa shape index (κ3) is 2.40. The van der Waals surface area contributed by atoms with Crippen LogP contribution in [0.5, 0.6) is 0 Å². The van der Waals surface area contributed by atoms with Gasteiger partial charge in [0.2, 0.25) is 0 Å². The van der Waals surface area contributed by atoms with Crippen molar-refractivity contribution in [1.82, 2.24) is 10.2 Å². The van der Waals surface area contributed by atoms with Gasteiger partial charge in [-0.3, -0.25) is 24.6 Å². The summed E-state index contributed by atoms with van der Waals surface area (Å²) in [5.74, 6) is -2.10. The SMILES string of the molecule is C[C@@]1(c2cccc([N+](=O)[O-])c2)NC(=O)N(CC(=O)O)C1=O. The second-order valence-corrected chi connectivity index (χ2v) is 4.65. The number of carboxylic acid groups (broad SMARTS) is 1. The molecule has 2 rings (SSSR count). The van der Waals surface area contributed by atoms with E-state index in [1.165, 1.54) is 31.2 Å². The molecule has 1 fully saturated rings. The topological polar surface area (TPSA) is 130 Å². The molecule has 110 valence electrons. The van der Waals surface area contributed by atoms with Crippen molar-refractivity contribution in [2.24, 2.45) is 0 Å². The highest BCUT2D eigenvalue weighted by Gasteiger charge is 2.49. The summed E-state index contributed by atoms with van der Waals surface area (Å²) in [5.41, 5.74) is -1.55. The number of hydrogen-bond acceptors (Lipinski definition) is 5. The number of carbonyl (C=O) groups is 3. The lowest BCUT2D eigenvalue weighted by Crippen LogP contribution is -2.41. The van der Waals surface area contributed by atoms with Crippen LogP contribution in [-0.4, -0.2) is 39.4 Å². The smallest absolute Gasteiger partial charge is 0.325 e. The van der Waals surface area contributed by atoms with E-state index in [-0.39, 0.29) is 11.3 Å². The Balaban J connectivity index is 2.41. The molecule has 1 aliphatic rings. The first kappa shape index (κ1) is 14.4. The summed E-state index contributed by atoms with van der Waals surface area (Å²) in [7, 11) is 0. The maximum absolute atomic E-state index is 12.3. The molecule has 1 heterocycles. The monoisotopic (exact) mass is 293 g/mol. The molecular formula is C12H11N3O6. The quantitative estimate of drug-likeness (QED) is 0.471. The van der Waals surface area contributed by atoms with Crippen molar-refractivity contribution in [2.75, 3.05) is 6.54 Å². The lowest BCUT2D eigenvalue weighted by atomic mass is 9.91.